The summed E-state index contributed by atoms with van der Waals surface area (Å²) < 4.78 is 30.9. The molecular weight excluding hydrogens is 252 g/mol. The van der Waals surface area contributed by atoms with Gasteiger partial charge in [0.1, 0.15) is 5.75 Å². The standard InChI is InChI=1S/C13H13F2N3O/c14-12(15)19-10-3-1-2-9(8-10)11-4-5-16-13-17-6-7-18(11)13/h1-3,6-8,11-12H,4-5H2,(H,16,17). The summed E-state index contributed by atoms with van der Waals surface area (Å²) in [4.78, 5) is 4.20. The van der Waals surface area contributed by atoms with Crippen LogP contribution in [0.1, 0.15) is 18.0 Å². The van der Waals surface area contributed by atoms with Crippen LogP contribution in [0.2, 0.25) is 0 Å². The SMILES string of the molecule is FC(F)Oc1cccc(C2CCNc3nccn32)c1. The molecule has 4 nitrogen and oxygen atoms in total. The van der Waals surface area contributed by atoms with Gasteiger partial charge in [-0.15, -0.1) is 0 Å². The van der Waals surface area contributed by atoms with Gasteiger partial charge in [-0.1, -0.05) is 12.1 Å². The number of benzene rings is 1. The zero-order chi connectivity index (χ0) is 13.2. The number of ether oxygens (including phenoxy) is 1. The van der Waals surface area contributed by atoms with E-state index < -0.39 is 6.61 Å². The van der Waals surface area contributed by atoms with Crippen molar-refractivity contribution in [3.8, 4) is 5.75 Å². The minimum atomic E-state index is -2.80. The van der Waals surface area contributed by atoms with E-state index in [4.69, 9.17) is 0 Å². The third-order valence-corrected chi connectivity index (χ3v) is 3.17. The Morgan fingerprint density at radius 3 is 3.16 bits per heavy atom. The molecule has 1 N–H and O–H groups in total. The third-order valence-electron chi connectivity index (χ3n) is 3.17. The average molecular weight is 265 g/mol. The van der Waals surface area contributed by atoms with Gasteiger partial charge in [0.2, 0.25) is 5.95 Å². The second kappa shape index (κ2) is 4.87. The number of hydrogen-bond donors (Lipinski definition) is 1. The summed E-state index contributed by atoms with van der Waals surface area (Å²) >= 11 is 0. The summed E-state index contributed by atoms with van der Waals surface area (Å²) in [6.07, 6.45) is 4.48. The number of rotatable bonds is 3. The van der Waals surface area contributed by atoms with Crippen LogP contribution in [0, 0.1) is 0 Å². The fraction of sp³-hybridized carbons (Fsp3) is 0.308. The first-order valence-corrected chi connectivity index (χ1v) is 6.05. The first kappa shape index (κ1) is 12.0. The Bertz CT molecular complexity index is 571. The van der Waals surface area contributed by atoms with E-state index in [-0.39, 0.29) is 11.8 Å². The van der Waals surface area contributed by atoms with Crippen LogP contribution in [0.3, 0.4) is 0 Å². The number of aromatic nitrogens is 2. The molecule has 0 amide bonds. The molecule has 0 bridgehead atoms. The predicted molar refractivity (Wildman–Crippen MR) is 66.5 cm³/mol. The fourth-order valence-electron chi connectivity index (χ4n) is 2.39. The molecule has 0 radical (unpaired) electrons. The van der Waals surface area contributed by atoms with Crippen LogP contribution in [0.4, 0.5) is 14.7 Å². The smallest absolute Gasteiger partial charge is 0.387 e. The first-order chi connectivity index (χ1) is 9.24. The molecule has 2 heterocycles. The van der Waals surface area contributed by atoms with E-state index in [1.807, 2.05) is 16.8 Å². The summed E-state index contributed by atoms with van der Waals surface area (Å²) in [5.74, 6) is 0.990. The molecular formula is C13H13F2N3O. The van der Waals surface area contributed by atoms with Crippen LogP contribution in [-0.2, 0) is 0 Å². The van der Waals surface area contributed by atoms with Gasteiger partial charge in [0.05, 0.1) is 6.04 Å². The van der Waals surface area contributed by atoms with Crippen molar-refractivity contribution in [2.75, 3.05) is 11.9 Å². The zero-order valence-corrected chi connectivity index (χ0v) is 10.1. The lowest BCUT2D eigenvalue weighted by Crippen LogP contribution is -2.23. The quantitative estimate of drug-likeness (QED) is 0.927. The molecule has 2 aromatic rings. The number of nitrogens with one attached hydrogen (secondary N) is 1. The Morgan fingerprint density at radius 2 is 2.32 bits per heavy atom. The second-order valence-electron chi connectivity index (χ2n) is 4.34. The van der Waals surface area contributed by atoms with Crippen molar-refractivity contribution < 1.29 is 13.5 Å². The highest BCUT2D eigenvalue weighted by Crippen LogP contribution is 2.30. The van der Waals surface area contributed by atoms with Crippen molar-refractivity contribution >= 4 is 5.95 Å². The lowest BCUT2D eigenvalue weighted by molar-refractivity contribution is -0.0499. The van der Waals surface area contributed by atoms with E-state index in [1.54, 1.807) is 18.3 Å². The molecule has 1 atom stereocenters. The summed E-state index contributed by atoms with van der Waals surface area (Å²) in [6, 6.07) is 6.93. The van der Waals surface area contributed by atoms with Gasteiger partial charge in [0, 0.05) is 18.9 Å². The molecule has 0 fully saturated rings. The van der Waals surface area contributed by atoms with Crippen LogP contribution >= 0.6 is 0 Å². The molecule has 1 aromatic heterocycles. The van der Waals surface area contributed by atoms with Gasteiger partial charge in [-0.05, 0) is 24.1 Å². The van der Waals surface area contributed by atoms with Gasteiger partial charge in [-0.2, -0.15) is 8.78 Å². The number of alkyl halides is 2. The van der Waals surface area contributed by atoms with E-state index in [0.29, 0.717) is 0 Å². The Balaban J connectivity index is 1.91. The number of anilines is 1. The topological polar surface area (TPSA) is 39.1 Å². The van der Waals surface area contributed by atoms with Crippen LogP contribution < -0.4 is 10.1 Å². The van der Waals surface area contributed by atoms with Gasteiger partial charge in [0.25, 0.3) is 0 Å². The minimum Gasteiger partial charge on any atom is -0.435 e. The molecule has 0 saturated heterocycles. The molecule has 1 aliphatic rings. The van der Waals surface area contributed by atoms with E-state index in [0.717, 1.165) is 24.5 Å². The monoisotopic (exact) mass is 265 g/mol. The van der Waals surface area contributed by atoms with Crippen molar-refractivity contribution in [3.63, 3.8) is 0 Å². The normalized spacial score (nSPS) is 17.9. The maximum absolute atomic E-state index is 12.2. The number of imidazole rings is 1. The highest BCUT2D eigenvalue weighted by atomic mass is 19.3. The average Bonchev–Trinajstić information content (AvgIpc) is 2.86. The largest absolute Gasteiger partial charge is 0.435 e. The fourth-order valence-corrected chi connectivity index (χ4v) is 2.39. The molecule has 100 valence electrons. The van der Waals surface area contributed by atoms with Crippen LogP contribution in [0.15, 0.2) is 36.7 Å². The summed E-state index contributed by atoms with van der Waals surface area (Å²) in [6.45, 7) is -1.99. The summed E-state index contributed by atoms with van der Waals surface area (Å²) in [7, 11) is 0. The van der Waals surface area contributed by atoms with Crippen molar-refractivity contribution in [3.05, 3.63) is 42.2 Å². The van der Waals surface area contributed by atoms with E-state index in [2.05, 4.69) is 15.0 Å². The summed E-state index contributed by atoms with van der Waals surface area (Å²) in [5, 5.41) is 3.19. The van der Waals surface area contributed by atoms with Gasteiger partial charge in [-0.3, -0.25) is 0 Å². The number of hydrogen-bond acceptors (Lipinski definition) is 3. The lowest BCUT2D eigenvalue weighted by atomic mass is 10.0. The molecule has 6 heteroatoms. The van der Waals surface area contributed by atoms with Crippen LogP contribution in [-0.4, -0.2) is 22.7 Å². The highest BCUT2D eigenvalue weighted by molar-refractivity contribution is 5.36. The van der Waals surface area contributed by atoms with Crippen LogP contribution in [0.5, 0.6) is 5.75 Å². The van der Waals surface area contributed by atoms with E-state index >= 15 is 0 Å². The maximum Gasteiger partial charge on any atom is 0.387 e. The van der Waals surface area contributed by atoms with Gasteiger partial charge in [-0.25, -0.2) is 4.98 Å². The molecule has 3 rings (SSSR count). The molecule has 0 saturated carbocycles. The van der Waals surface area contributed by atoms with Crippen molar-refractivity contribution in [1.29, 1.82) is 0 Å². The zero-order valence-electron chi connectivity index (χ0n) is 10.1. The Morgan fingerprint density at radius 1 is 1.42 bits per heavy atom. The number of nitrogens with zero attached hydrogens (tertiary/aromatic N) is 2. The first-order valence-electron chi connectivity index (χ1n) is 6.05. The maximum atomic E-state index is 12.2. The van der Waals surface area contributed by atoms with Gasteiger partial charge >= 0.3 is 6.61 Å². The van der Waals surface area contributed by atoms with Gasteiger partial charge in [0.15, 0.2) is 0 Å². The Kier molecular flexibility index (Phi) is 3.06. The highest BCUT2D eigenvalue weighted by Gasteiger charge is 2.21. The minimum absolute atomic E-state index is 0.0972. The number of fused-ring (bicyclic) bond motifs is 1. The van der Waals surface area contributed by atoms with Crippen molar-refractivity contribution in [2.24, 2.45) is 0 Å². The molecule has 19 heavy (non-hydrogen) atoms. The van der Waals surface area contributed by atoms with E-state index in [9.17, 15) is 8.78 Å². The van der Waals surface area contributed by atoms with E-state index in [1.165, 1.54) is 6.07 Å². The summed E-state index contributed by atoms with van der Waals surface area (Å²) in [5.41, 5.74) is 0.943. The van der Waals surface area contributed by atoms with Crippen molar-refractivity contribution in [2.45, 2.75) is 19.1 Å². The van der Waals surface area contributed by atoms with Crippen molar-refractivity contribution in [1.82, 2.24) is 9.55 Å². The third kappa shape index (κ3) is 2.38. The Labute approximate surface area is 109 Å². The Hall–Kier alpha value is -2.11. The molecule has 1 aromatic carbocycles. The number of halogens is 2. The predicted octanol–water partition coefficient (Wildman–Crippen LogP) is 2.89. The molecule has 0 spiro atoms. The molecule has 1 unspecified atom stereocenters. The lowest BCUT2D eigenvalue weighted by Gasteiger charge is -2.26. The molecule has 0 aliphatic carbocycles. The second-order valence-corrected chi connectivity index (χ2v) is 4.34. The van der Waals surface area contributed by atoms with Gasteiger partial charge < -0.3 is 14.6 Å². The van der Waals surface area contributed by atoms with Crippen LogP contribution in [0.25, 0.3) is 0 Å². The molecule has 1 aliphatic heterocycles.